The molecule has 2 N–H and O–H groups in total. The number of hydrogen-bond acceptors (Lipinski definition) is 5. The smallest absolute Gasteiger partial charge is 0.277 e. The van der Waals surface area contributed by atoms with E-state index in [1.807, 2.05) is 0 Å². The van der Waals surface area contributed by atoms with Gasteiger partial charge in [0.15, 0.2) is 11.4 Å². The first-order valence-electron chi connectivity index (χ1n) is 10.0. The Morgan fingerprint density at radius 1 is 1.22 bits per heavy atom. The molecule has 0 saturated carbocycles. The van der Waals surface area contributed by atoms with Crippen LogP contribution in [0.25, 0.3) is 0 Å². The molecule has 2 aliphatic rings. The first kappa shape index (κ1) is 21.7. The van der Waals surface area contributed by atoms with E-state index in [0.717, 1.165) is 12.6 Å². The van der Waals surface area contributed by atoms with E-state index >= 15 is 0 Å². The van der Waals surface area contributed by atoms with E-state index in [0.29, 0.717) is 31.0 Å². The van der Waals surface area contributed by atoms with Crippen molar-refractivity contribution in [3.8, 4) is 5.75 Å². The Morgan fingerprint density at radius 3 is 2.53 bits per heavy atom. The molecule has 2 amide bonds. The number of carbonyl (C=O) groups excluding carboxylic acids is 2. The molecule has 1 saturated heterocycles. The van der Waals surface area contributed by atoms with Gasteiger partial charge in [-0.1, -0.05) is 6.92 Å². The van der Waals surface area contributed by atoms with E-state index in [2.05, 4.69) is 12.2 Å². The third-order valence-electron chi connectivity index (χ3n) is 6.00. The number of nitrogens with one attached hydrogen (secondary N) is 1. The average molecular weight is 450 g/mol. The molecule has 2 aliphatic heterocycles. The zero-order chi connectivity index (χ0) is 23.3. The normalized spacial score (nSPS) is 20.1. The highest BCUT2D eigenvalue weighted by Gasteiger charge is 2.41. The number of hydrogen-bond donors (Lipinski definition) is 2. The van der Waals surface area contributed by atoms with E-state index in [-0.39, 0.29) is 11.9 Å². The third kappa shape index (κ3) is 3.47. The number of halogens is 3. The van der Waals surface area contributed by atoms with Gasteiger partial charge in [-0.2, -0.15) is 0 Å². The fourth-order valence-electron chi connectivity index (χ4n) is 4.17. The number of piperidine rings is 1. The van der Waals surface area contributed by atoms with Gasteiger partial charge < -0.3 is 15.3 Å². The standard InChI is InChI=1S/C21H21F3N4O4/c1-10-3-4-27-16(5-10)26(2)21(32)17-19(30)18(29)13(9-28(17)27)20(31)25-8-12-14(23)6-11(22)7-15(12)24/h6-7,9-10,16,30H,3-5,8H2,1-2H3,(H,25,31)/t10-,16+/m1/s1. The van der Waals surface area contributed by atoms with E-state index in [1.165, 1.54) is 9.58 Å². The van der Waals surface area contributed by atoms with Crippen LogP contribution in [0.2, 0.25) is 0 Å². The van der Waals surface area contributed by atoms with Crippen molar-refractivity contribution in [3.63, 3.8) is 0 Å². The van der Waals surface area contributed by atoms with Crippen LogP contribution in [0.1, 0.15) is 46.2 Å². The van der Waals surface area contributed by atoms with E-state index in [4.69, 9.17) is 0 Å². The summed E-state index contributed by atoms with van der Waals surface area (Å²) >= 11 is 0. The summed E-state index contributed by atoms with van der Waals surface area (Å²) in [5.74, 6) is -5.57. The highest BCUT2D eigenvalue weighted by Crippen LogP contribution is 2.30. The number of carbonyl (C=O) groups is 2. The second-order valence-corrected chi connectivity index (χ2v) is 8.13. The van der Waals surface area contributed by atoms with Crippen molar-refractivity contribution < 1.29 is 27.9 Å². The predicted octanol–water partition coefficient (Wildman–Crippen LogP) is 1.68. The maximum atomic E-state index is 13.8. The summed E-state index contributed by atoms with van der Waals surface area (Å²) in [6.07, 6.45) is 2.30. The molecule has 0 bridgehead atoms. The molecule has 1 aromatic heterocycles. The van der Waals surface area contributed by atoms with Gasteiger partial charge in [-0.3, -0.25) is 24.1 Å². The minimum atomic E-state index is -1.19. The van der Waals surface area contributed by atoms with Crippen molar-refractivity contribution in [1.82, 2.24) is 14.9 Å². The van der Waals surface area contributed by atoms with Crippen molar-refractivity contribution in [2.45, 2.75) is 32.5 Å². The molecule has 8 nitrogen and oxygen atoms in total. The predicted molar refractivity (Wildman–Crippen MR) is 107 cm³/mol. The molecular formula is C21H21F3N4O4. The Bertz CT molecular complexity index is 1160. The summed E-state index contributed by atoms with van der Waals surface area (Å²) in [7, 11) is 1.58. The molecule has 2 aromatic rings. The molecule has 0 aliphatic carbocycles. The molecule has 1 aromatic carbocycles. The van der Waals surface area contributed by atoms with Crippen LogP contribution < -0.4 is 15.8 Å². The Kier molecular flexibility index (Phi) is 5.35. The molecule has 4 rings (SSSR count). The molecule has 0 unspecified atom stereocenters. The first-order valence-corrected chi connectivity index (χ1v) is 10.0. The number of nitrogens with zero attached hydrogens (tertiary/aromatic N) is 3. The van der Waals surface area contributed by atoms with Crippen molar-refractivity contribution in [3.05, 3.63) is 62.8 Å². The SMILES string of the molecule is C[C@@H]1CCN2[C@@H](C1)N(C)C(=O)c1c(O)c(=O)c(C(=O)NCc3c(F)cc(F)cc3F)cn12. The maximum Gasteiger partial charge on any atom is 0.277 e. The molecule has 32 heavy (non-hydrogen) atoms. The van der Waals surface area contributed by atoms with Crippen molar-refractivity contribution in [2.24, 2.45) is 5.92 Å². The number of rotatable bonds is 3. The van der Waals surface area contributed by atoms with Gasteiger partial charge in [-0.15, -0.1) is 0 Å². The van der Waals surface area contributed by atoms with Crippen molar-refractivity contribution >= 4 is 11.8 Å². The fraction of sp³-hybridized carbons (Fsp3) is 0.381. The Labute approximate surface area is 180 Å². The van der Waals surface area contributed by atoms with Crippen LogP contribution >= 0.6 is 0 Å². The molecule has 170 valence electrons. The molecule has 3 heterocycles. The largest absolute Gasteiger partial charge is 0.502 e. The lowest BCUT2D eigenvalue weighted by molar-refractivity contribution is 0.0557. The number of pyridine rings is 1. The van der Waals surface area contributed by atoms with E-state index in [9.17, 15) is 32.7 Å². The van der Waals surface area contributed by atoms with Gasteiger partial charge in [0.1, 0.15) is 29.2 Å². The summed E-state index contributed by atoms with van der Waals surface area (Å²) < 4.78 is 42.1. The van der Waals surface area contributed by atoms with Gasteiger partial charge in [-0.25, -0.2) is 13.2 Å². The van der Waals surface area contributed by atoms with Crippen LogP contribution in [0.15, 0.2) is 23.1 Å². The minimum absolute atomic E-state index is 0.254. The van der Waals surface area contributed by atoms with Gasteiger partial charge in [0.05, 0.1) is 0 Å². The Hall–Kier alpha value is -3.50. The van der Waals surface area contributed by atoms with Gasteiger partial charge in [0.25, 0.3) is 11.8 Å². The molecule has 0 spiro atoms. The molecule has 2 atom stereocenters. The van der Waals surface area contributed by atoms with Crippen molar-refractivity contribution in [1.29, 1.82) is 0 Å². The number of aromatic nitrogens is 1. The Balaban J connectivity index is 1.69. The fourth-order valence-corrected chi connectivity index (χ4v) is 4.17. The van der Waals surface area contributed by atoms with Crippen LogP contribution in [-0.4, -0.2) is 46.3 Å². The monoisotopic (exact) mass is 450 g/mol. The highest BCUT2D eigenvalue weighted by molar-refractivity contribution is 5.99. The van der Waals surface area contributed by atoms with E-state index in [1.54, 1.807) is 12.1 Å². The quantitative estimate of drug-likeness (QED) is 0.742. The van der Waals surface area contributed by atoms with Gasteiger partial charge in [-0.05, 0) is 18.8 Å². The summed E-state index contributed by atoms with van der Waals surface area (Å²) in [5.41, 5.74) is -2.41. The minimum Gasteiger partial charge on any atom is -0.502 e. The summed E-state index contributed by atoms with van der Waals surface area (Å²) in [6.45, 7) is 1.93. The average Bonchev–Trinajstić information content (AvgIpc) is 2.73. The van der Waals surface area contributed by atoms with Gasteiger partial charge >= 0.3 is 0 Å². The molecule has 11 heteroatoms. The first-order chi connectivity index (χ1) is 15.1. The topological polar surface area (TPSA) is 94.9 Å². The maximum absolute atomic E-state index is 13.8. The number of aromatic hydroxyl groups is 1. The number of fused-ring (bicyclic) bond motifs is 3. The van der Waals surface area contributed by atoms with Crippen LogP contribution in [0.5, 0.6) is 5.75 Å². The summed E-state index contributed by atoms with van der Waals surface area (Å²) in [5, 5.41) is 14.5. The number of amides is 2. The highest BCUT2D eigenvalue weighted by atomic mass is 19.1. The second-order valence-electron chi connectivity index (χ2n) is 8.13. The Morgan fingerprint density at radius 2 is 1.88 bits per heavy atom. The van der Waals surface area contributed by atoms with Crippen molar-refractivity contribution in [2.75, 3.05) is 18.6 Å². The van der Waals surface area contributed by atoms with Gasteiger partial charge in [0, 0.05) is 44.0 Å². The van der Waals surface area contributed by atoms with Crippen LogP contribution in [0.4, 0.5) is 13.2 Å². The molecular weight excluding hydrogens is 429 g/mol. The molecule has 0 radical (unpaired) electrons. The lowest BCUT2D eigenvalue weighted by Gasteiger charge is -2.49. The summed E-state index contributed by atoms with van der Waals surface area (Å²) in [4.78, 5) is 39.5. The van der Waals surface area contributed by atoms with E-state index < -0.39 is 58.1 Å². The molecule has 1 fully saturated rings. The third-order valence-corrected chi connectivity index (χ3v) is 6.00. The van der Waals surface area contributed by atoms with Crippen LogP contribution in [-0.2, 0) is 6.54 Å². The number of benzene rings is 1. The van der Waals surface area contributed by atoms with Gasteiger partial charge in [0.2, 0.25) is 5.43 Å². The lowest BCUT2D eigenvalue weighted by atomic mass is 9.96. The zero-order valence-electron chi connectivity index (χ0n) is 17.4. The van der Waals surface area contributed by atoms with Crippen LogP contribution in [0, 0.1) is 23.4 Å². The summed E-state index contributed by atoms with van der Waals surface area (Å²) in [6, 6.07) is 0.952. The lowest BCUT2D eigenvalue weighted by Crippen LogP contribution is -2.62. The van der Waals surface area contributed by atoms with Crippen LogP contribution in [0.3, 0.4) is 0 Å². The second kappa shape index (κ2) is 7.88. The zero-order valence-corrected chi connectivity index (χ0v) is 17.4.